The van der Waals surface area contributed by atoms with E-state index in [0.717, 1.165) is 76.6 Å². The van der Waals surface area contributed by atoms with Gasteiger partial charge in [0.15, 0.2) is 5.78 Å². The number of nitrogens with zero attached hydrogens (tertiary/aromatic N) is 4. The highest BCUT2D eigenvalue weighted by atomic mass is 16.5. The summed E-state index contributed by atoms with van der Waals surface area (Å²) in [5, 5.41) is 32.9. The van der Waals surface area contributed by atoms with Crippen LogP contribution in [-0.2, 0) is 49.5 Å². The van der Waals surface area contributed by atoms with Crippen molar-refractivity contribution >= 4 is 41.4 Å². The number of nitrogens with one attached hydrogen (secondary N) is 2. The quantitative estimate of drug-likeness (QED) is 0.100. The van der Waals surface area contributed by atoms with E-state index in [2.05, 4.69) is 22.5 Å². The van der Waals surface area contributed by atoms with Gasteiger partial charge in [0, 0.05) is 46.6 Å². The molecule has 0 aromatic heterocycles. The lowest BCUT2D eigenvalue weighted by Gasteiger charge is -2.41. The van der Waals surface area contributed by atoms with Gasteiger partial charge in [-0.2, -0.15) is 0 Å². The molecule has 1 aromatic carbocycles. The van der Waals surface area contributed by atoms with Crippen LogP contribution in [0, 0.1) is 23.7 Å². The molecule has 0 saturated carbocycles. The number of ether oxygens (including phenoxy) is 2. The molecule has 5 N–H and O–H groups in total. The topological polar surface area (TPSA) is 236 Å². The number of hydrogen-bond donors (Lipinski definition) is 5. The number of carbonyl (C=O) groups is 7. The van der Waals surface area contributed by atoms with Crippen LogP contribution in [0.5, 0.6) is 0 Å². The summed E-state index contributed by atoms with van der Waals surface area (Å²) in [6.07, 6.45) is 6.34. The van der Waals surface area contributed by atoms with Gasteiger partial charge < -0.3 is 45.2 Å². The predicted molar refractivity (Wildman–Crippen MR) is 275 cm³/mol. The van der Waals surface area contributed by atoms with Gasteiger partial charge in [-0.15, -0.1) is 0 Å². The van der Waals surface area contributed by atoms with Crippen molar-refractivity contribution in [3.05, 3.63) is 35.9 Å². The van der Waals surface area contributed by atoms with Gasteiger partial charge in [-0.05, 0) is 123 Å². The predicted octanol–water partition coefficient (Wildman–Crippen LogP) is 5.20. The zero-order chi connectivity index (χ0) is 54.3. The molecule has 18 nitrogen and oxygen atoms in total. The number of carboxylic acid groups (broad SMARTS) is 3. The van der Waals surface area contributed by atoms with E-state index < -0.39 is 82.6 Å². The molecule has 72 heavy (non-hydrogen) atoms. The molecule has 408 valence electrons. The second-order valence-electron chi connectivity index (χ2n) is 21.7. The molecule has 5 rings (SSSR count). The number of ketones is 1. The Hall–Kier alpha value is -4.49. The summed E-state index contributed by atoms with van der Waals surface area (Å²) in [5.41, 5.74) is -1.02. The Bertz CT molecular complexity index is 1970. The molecule has 4 saturated heterocycles. The van der Waals surface area contributed by atoms with Gasteiger partial charge in [-0.3, -0.25) is 38.6 Å². The molecule has 0 radical (unpaired) electrons. The number of aliphatic carboxylic acids is 3. The van der Waals surface area contributed by atoms with Gasteiger partial charge in [0.25, 0.3) is 0 Å². The maximum Gasteiger partial charge on any atom is 0.326 e. The number of Topliss-reactive ketones (excluding diaryl/α,β-unsaturated/α-hetero) is 1. The molecule has 3 amide bonds. The maximum absolute atomic E-state index is 14.3. The van der Waals surface area contributed by atoms with Crippen LogP contribution in [0.25, 0.3) is 0 Å². The Morgan fingerprint density at radius 3 is 1.83 bits per heavy atom. The second-order valence-corrected chi connectivity index (χ2v) is 21.7. The normalized spacial score (nSPS) is 26.2. The number of hydrogen-bond acceptors (Lipinski definition) is 12. The molecule has 4 heterocycles. The highest BCUT2D eigenvalue weighted by molar-refractivity contribution is 5.93. The monoisotopic (exact) mass is 1010 g/mol. The molecule has 18 heteroatoms. The number of carbonyl (C=O) groups excluding carboxylic acids is 4. The highest BCUT2D eigenvalue weighted by Gasteiger charge is 2.46. The van der Waals surface area contributed by atoms with E-state index in [-0.39, 0.29) is 48.7 Å². The van der Waals surface area contributed by atoms with Crippen molar-refractivity contribution in [3.8, 4) is 0 Å². The van der Waals surface area contributed by atoms with Gasteiger partial charge in [0.05, 0.1) is 42.2 Å². The van der Waals surface area contributed by atoms with Crippen molar-refractivity contribution in [1.29, 1.82) is 0 Å². The van der Waals surface area contributed by atoms with E-state index >= 15 is 0 Å². The summed E-state index contributed by atoms with van der Waals surface area (Å²) in [6, 6.07) is 7.17. The first-order chi connectivity index (χ1) is 33.7. The van der Waals surface area contributed by atoms with Gasteiger partial charge in [-0.25, -0.2) is 4.79 Å². The Labute approximate surface area is 429 Å². The molecular formula is C54H90N6O12. The SMILES string of the molecule is CC[C@H](C)[C@@H]([C@@H](CC(=O)N1CCC[C@H]1[C@H](OC)[C@@H](C)C(=O)N[C@@H](Cc1ccccc1)C(=O)O)OC)N(C)C(=O)[C@@H](CC(=O)[C@]1(C)CCCN1C)C(C)C.CN1CCC[C@@]1(C)C(=O)O.C[C@@]1(C(=O)O)CCCN1. The standard InChI is InChI=1S/C41H66N4O8.C7H13NO2.C6H11NO2/c1-11-27(4)36(44(8)39(49)30(26(2)3)24-34(46)41(6)20-16-21-43(41)7)33(52-9)25-35(47)45-22-15-19-32(45)37(53-10)28(5)38(48)42-31(40(50)51)23-29-17-13-12-14-18-29;1-7(6(9)10)4-3-5-8(7)2;1-6(5(8)9)3-2-4-7-6/h12-14,17-18,26-28,30-33,36-37H,11,15-16,19-25H2,1-10H3,(H,42,48)(H,50,51);3-5H2,1-2H3,(H,9,10);7H,2-4H2,1H3,(H,8,9)/t27-,28+,30-,31-,32-,33+,36-,37+,41-;7-;6-/m000/s1. The Balaban J connectivity index is 0.000000592. The molecule has 4 aliphatic rings. The van der Waals surface area contributed by atoms with Crippen LogP contribution < -0.4 is 10.6 Å². The van der Waals surface area contributed by atoms with E-state index in [9.17, 15) is 38.7 Å². The minimum absolute atomic E-state index is 0.00780. The summed E-state index contributed by atoms with van der Waals surface area (Å²) >= 11 is 0. The maximum atomic E-state index is 14.3. The molecule has 11 atom stereocenters. The van der Waals surface area contributed by atoms with Crippen molar-refractivity contribution < 1.29 is 58.4 Å². The van der Waals surface area contributed by atoms with Crippen LogP contribution in [0.4, 0.5) is 0 Å². The number of likely N-dealkylation sites (N-methyl/N-ethyl adjacent to an activating group) is 3. The fourth-order valence-electron chi connectivity index (χ4n) is 10.8. The minimum atomic E-state index is -1.13. The number of amides is 3. The Morgan fingerprint density at radius 2 is 1.40 bits per heavy atom. The molecule has 1 aromatic rings. The lowest BCUT2D eigenvalue weighted by atomic mass is 9.81. The smallest absolute Gasteiger partial charge is 0.326 e. The van der Waals surface area contributed by atoms with Gasteiger partial charge in [0.1, 0.15) is 17.1 Å². The van der Waals surface area contributed by atoms with Crippen LogP contribution in [0.1, 0.15) is 132 Å². The van der Waals surface area contributed by atoms with Gasteiger partial charge in [-0.1, -0.05) is 71.4 Å². The zero-order valence-corrected chi connectivity index (χ0v) is 45.7. The third-order valence-corrected chi connectivity index (χ3v) is 16.6. The van der Waals surface area contributed by atoms with Crippen molar-refractivity contribution in [2.75, 3.05) is 61.5 Å². The number of methoxy groups -OCH3 is 2. The zero-order valence-electron chi connectivity index (χ0n) is 45.7. The summed E-state index contributed by atoms with van der Waals surface area (Å²) in [4.78, 5) is 96.3. The van der Waals surface area contributed by atoms with Gasteiger partial charge >= 0.3 is 17.9 Å². The Kier molecular flexibility index (Phi) is 23.8. The lowest BCUT2D eigenvalue weighted by molar-refractivity contribution is -0.149. The average Bonchev–Trinajstić information content (AvgIpc) is 4.17. The van der Waals surface area contributed by atoms with Crippen molar-refractivity contribution in [3.63, 3.8) is 0 Å². The van der Waals surface area contributed by atoms with E-state index in [1.165, 1.54) is 7.11 Å². The van der Waals surface area contributed by atoms with E-state index in [1.807, 2.05) is 77.0 Å². The minimum Gasteiger partial charge on any atom is -0.480 e. The Morgan fingerprint density at radius 1 is 0.806 bits per heavy atom. The molecule has 4 aliphatic heterocycles. The first kappa shape index (κ1) is 61.8. The highest BCUT2D eigenvalue weighted by Crippen LogP contribution is 2.34. The third kappa shape index (κ3) is 15.5. The lowest BCUT2D eigenvalue weighted by Crippen LogP contribution is -2.55. The van der Waals surface area contributed by atoms with Gasteiger partial charge in [0.2, 0.25) is 17.7 Å². The molecule has 0 aliphatic carbocycles. The van der Waals surface area contributed by atoms with Crippen LogP contribution in [0.2, 0.25) is 0 Å². The summed E-state index contributed by atoms with van der Waals surface area (Å²) in [5.74, 6) is -4.56. The van der Waals surface area contributed by atoms with Crippen molar-refractivity contribution in [2.45, 2.75) is 179 Å². The third-order valence-electron chi connectivity index (χ3n) is 16.6. The average molecular weight is 1020 g/mol. The van der Waals surface area contributed by atoms with Crippen LogP contribution >= 0.6 is 0 Å². The number of likely N-dealkylation sites (tertiary alicyclic amines) is 3. The van der Waals surface area contributed by atoms with Crippen molar-refractivity contribution in [2.24, 2.45) is 23.7 Å². The molecule has 0 spiro atoms. The number of rotatable bonds is 22. The first-order valence-corrected chi connectivity index (χ1v) is 26.1. The summed E-state index contributed by atoms with van der Waals surface area (Å²) in [7, 11) is 8.67. The first-order valence-electron chi connectivity index (χ1n) is 26.1. The van der Waals surface area contributed by atoms with E-state index in [0.29, 0.717) is 13.0 Å². The summed E-state index contributed by atoms with van der Waals surface area (Å²) < 4.78 is 11.9. The van der Waals surface area contributed by atoms with E-state index in [1.54, 1.807) is 44.7 Å². The fourth-order valence-corrected chi connectivity index (χ4v) is 10.8. The van der Waals surface area contributed by atoms with Crippen LogP contribution in [0.3, 0.4) is 0 Å². The molecule has 4 fully saturated rings. The van der Waals surface area contributed by atoms with E-state index in [4.69, 9.17) is 19.7 Å². The largest absolute Gasteiger partial charge is 0.480 e. The summed E-state index contributed by atoms with van der Waals surface area (Å²) in [6.45, 7) is 18.3. The molecule has 0 unspecified atom stereocenters. The van der Waals surface area contributed by atoms with Crippen LogP contribution in [0.15, 0.2) is 30.3 Å². The molecule has 0 bridgehead atoms. The number of carboxylic acids is 3. The molecular weight excluding hydrogens is 925 g/mol. The van der Waals surface area contributed by atoms with Crippen LogP contribution in [-0.4, -0.2) is 185 Å². The number of benzene rings is 1. The second kappa shape index (κ2) is 27.7. The van der Waals surface area contributed by atoms with Crippen molar-refractivity contribution in [1.82, 2.24) is 30.2 Å². The fraction of sp³-hybridized carbons (Fsp3) is 0.759.